The highest BCUT2D eigenvalue weighted by Crippen LogP contribution is 2.65. The number of hydrogen-bond donors (Lipinski definition) is 1. The molecule has 0 unspecified atom stereocenters. The third kappa shape index (κ3) is 4.20. The Morgan fingerprint density at radius 3 is 2.63 bits per heavy atom. The van der Waals surface area contributed by atoms with E-state index in [1.807, 2.05) is 18.2 Å². The lowest BCUT2D eigenvalue weighted by atomic mass is 9.47. The summed E-state index contributed by atoms with van der Waals surface area (Å²) in [4.78, 5) is 37.6. The molecule has 188 valence electrons. The van der Waals surface area contributed by atoms with E-state index in [1.165, 1.54) is 12.5 Å². The summed E-state index contributed by atoms with van der Waals surface area (Å²) in [5.41, 5.74) is 2.12. The van der Waals surface area contributed by atoms with Crippen LogP contribution in [-0.4, -0.2) is 30.3 Å². The van der Waals surface area contributed by atoms with E-state index in [0.29, 0.717) is 42.1 Å². The first kappa shape index (κ1) is 24.7. The highest BCUT2D eigenvalue weighted by molar-refractivity contribution is 9.10. The number of Topliss-reactive ketones (excluding diaryl/α,β-unsaturated/α-hetero) is 1. The molecule has 3 fully saturated rings. The topological polar surface area (TPSA) is 72.5 Å². The van der Waals surface area contributed by atoms with Gasteiger partial charge < -0.3 is 10.1 Å². The van der Waals surface area contributed by atoms with Crippen LogP contribution in [0, 0.1) is 34.5 Å². The number of ether oxygens (including phenoxy) is 1. The predicted octanol–water partition coefficient (Wildman–Crippen LogP) is 5.87. The normalized spacial score (nSPS) is 38.0. The second-order valence-corrected chi connectivity index (χ2v) is 12.5. The largest absolute Gasteiger partial charge is 0.462 e. The quantitative estimate of drug-likeness (QED) is 0.382. The number of carbonyl (C=O) groups is 3. The molecule has 7 atom stereocenters. The maximum absolute atomic E-state index is 13.3. The first-order chi connectivity index (χ1) is 16.6. The maximum atomic E-state index is 13.3. The third-order valence-corrected chi connectivity index (χ3v) is 10.7. The molecule has 1 N–H and O–H groups in total. The molecule has 4 aliphatic carbocycles. The number of carbonyl (C=O) groups excluding carboxylic acids is 3. The van der Waals surface area contributed by atoms with E-state index >= 15 is 0 Å². The van der Waals surface area contributed by atoms with Crippen molar-refractivity contribution in [3.63, 3.8) is 0 Å². The van der Waals surface area contributed by atoms with Crippen LogP contribution in [0.3, 0.4) is 0 Å². The number of esters is 1. The minimum absolute atomic E-state index is 0.00272. The molecule has 4 aliphatic rings. The average molecular weight is 543 g/mol. The number of allylic oxidation sites excluding steroid dienone is 1. The Bertz CT molecular complexity index is 1080. The molecule has 0 spiro atoms. The smallest absolute Gasteiger partial charge is 0.302 e. The fourth-order valence-electron chi connectivity index (χ4n) is 8.14. The zero-order valence-electron chi connectivity index (χ0n) is 20.9. The SMILES string of the molecule is CC(=O)O[C@H]1CC[C@@]2(C)C(=CC[C@H]3[C@@H]4CC(=O)[C@H](CNC(=O)c5ccccc5Br)[C@@]4(C)CC[C@@H]32)C1. The minimum atomic E-state index is -0.191. The Morgan fingerprint density at radius 1 is 1.11 bits per heavy atom. The molecule has 0 heterocycles. The second-order valence-electron chi connectivity index (χ2n) is 11.7. The molecule has 0 aromatic heterocycles. The summed E-state index contributed by atoms with van der Waals surface area (Å²) in [6.07, 6.45) is 9.00. The van der Waals surface area contributed by atoms with Crippen molar-refractivity contribution in [2.75, 3.05) is 6.54 Å². The van der Waals surface area contributed by atoms with Gasteiger partial charge in [-0.25, -0.2) is 0 Å². The molecule has 3 saturated carbocycles. The van der Waals surface area contributed by atoms with Gasteiger partial charge in [0, 0.05) is 36.7 Å². The molecule has 5 nitrogen and oxygen atoms in total. The van der Waals surface area contributed by atoms with Crippen LogP contribution >= 0.6 is 15.9 Å². The standard InChI is InChI=1S/C29H36BrNO4/c1-17(32)35-19-10-12-28(2)18(14-19)8-9-20-22(28)11-13-29(3)23(20)15-26(33)24(29)16-31-27(34)21-6-4-5-7-25(21)30/h4-8,19-20,22-24H,9-16H2,1-3H3,(H,31,34)/t19-,20+,22-,23-,24-,28-,29-/m0/s1. The van der Waals surface area contributed by atoms with Gasteiger partial charge in [-0.15, -0.1) is 0 Å². The summed E-state index contributed by atoms with van der Waals surface area (Å²) in [5, 5.41) is 3.07. The lowest BCUT2D eigenvalue weighted by Gasteiger charge is -2.57. The second kappa shape index (κ2) is 9.17. The van der Waals surface area contributed by atoms with Crippen molar-refractivity contribution in [1.82, 2.24) is 5.32 Å². The summed E-state index contributed by atoms with van der Waals surface area (Å²) in [6.45, 7) is 6.61. The number of amides is 1. The van der Waals surface area contributed by atoms with Crippen LogP contribution in [0.15, 0.2) is 40.4 Å². The number of benzene rings is 1. The van der Waals surface area contributed by atoms with Gasteiger partial charge in [-0.2, -0.15) is 0 Å². The minimum Gasteiger partial charge on any atom is -0.462 e. The Balaban J connectivity index is 1.32. The van der Waals surface area contributed by atoms with Crippen LogP contribution in [0.5, 0.6) is 0 Å². The van der Waals surface area contributed by atoms with Crippen molar-refractivity contribution in [1.29, 1.82) is 0 Å². The summed E-state index contributed by atoms with van der Waals surface area (Å²) < 4.78 is 6.32. The van der Waals surface area contributed by atoms with Crippen molar-refractivity contribution >= 4 is 33.6 Å². The van der Waals surface area contributed by atoms with Gasteiger partial charge in [0.05, 0.1) is 5.56 Å². The van der Waals surface area contributed by atoms with Gasteiger partial charge in [0.15, 0.2) is 0 Å². The van der Waals surface area contributed by atoms with E-state index in [-0.39, 0.29) is 34.7 Å². The molecule has 0 aliphatic heterocycles. The lowest BCUT2D eigenvalue weighted by molar-refractivity contribution is -0.148. The van der Waals surface area contributed by atoms with Crippen LogP contribution in [-0.2, 0) is 14.3 Å². The summed E-state index contributed by atoms with van der Waals surface area (Å²) in [5.74, 6) is 1.29. The summed E-state index contributed by atoms with van der Waals surface area (Å²) >= 11 is 3.46. The number of fused-ring (bicyclic) bond motifs is 5. The Labute approximate surface area is 216 Å². The van der Waals surface area contributed by atoms with Crippen LogP contribution in [0.4, 0.5) is 0 Å². The van der Waals surface area contributed by atoms with E-state index in [0.717, 1.165) is 43.0 Å². The van der Waals surface area contributed by atoms with Gasteiger partial charge in [0.1, 0.15) is 11.9 Å². The van der Waals surface area contributed by atoms with E-state index in [2.05, 4.69) is 41.2 Å². The predicted molar refractivity (Wildman–Crippen MR) is 138 cm³/mol. The zero-order valence-corrected chi connectivity index (χ0v) is 22.5. The molecule has 1 amide bonds. The Kier molecular flexibility index (Phi) is 6.48. The molecule has 6 heteroatoms. The fraction of sp³-hybridized carbons (Fsp3) is 0.621. The maximum Gasteiger partial charge on any atom is 0.302 e. The Hall–Kier alpha value is -1.95. The highest BCUT2D eigenvalue weighted by Gasteiger charge is 2.61. The third-order valence-electron chi connectivity index (χ3n) is 10.0. The van der Waals surface area contributed by atoms with Gasteiger partial charge in [-0.05, 0) is 88.8 Å². The van der Waals surface area contributed by atoms with Crippen molar-refractivity contribution in [2.24, 2.45) is 34.5 Å². The van der Waals surface area contributed by atoms with Crippen molar-refractivity contribution in [3.05, 3.63) is 46.0 Å². The van der Waals surface area contributed by atoms with Gasteiger partial charge >= 0.3 is 5.97 Å². The first-order valence-corrected chi connectivity index (χ1v) is 13.8. The van der Waals surface area contributed by atoms with E-state index in [4.69, 9.17) is 4.74 Å². The van der Waals surface area contributed by atoms with Gasteiger partial charge in [-0.1, -0.05) is 37.6 Å². The van der Waals surface area contributed by atoms with Crippen LogP contribution in [0.1, 0.15) is 76.1 Å². The van der Waals surface area contributed by atoms with E-state index in [9.17, 15) is 14.4 Å². The first-order valence-electron chi connectivity index (χ1n) is 13.1. The molecule has 35 heavy (non-hydrogen) atoms. The van der Waals surface area contributed by atoms with Gasteiger partial charge in [-0.3, -0.25) is 14.4 Å². The van der Waals surface area contributed by atoms with Crippen molar-refractivity contribution in [3.8, 4) is 0 Å². The molecule has 0 saturated heterocycles. The summed E-state index contributed by atoms with van der Waals surface area (Å²) in [6, 6.07) is 7.40. The highest BCUT2D eigenvalue weighted by atomic mass is 79.9. The van der Waals surface area contributed by atoms with Gasteiger partial charge in [0.25, 0.3) is 5.91 Å². The zero-order chi connectivity index (χ0) is 25.0. The molecule has 1 aromatic carbocycles. The molecular formula is C29H36BrNO4. The van der Waals surface area contributed by atoms with Crippen LogP contribution < -0.4 is 5.32 Å². The van der Waals surface area contributed by atoms with Crippen molar-refractivity contribution < 1.29 is 19.1 Å². The summed E-state index contributed by atoms with van der Waals surface area (Å²) in [7, 11) is 0. The average Bonchev–Trinajstić information content (AvgIpc) is 3.07. The number of rotatable bonds is 4. The Morgan fingerprint density at radius 2 is 1.89 bits per heavy atom. The van der Waals surface area contributed by atoms with Crippen LogP contribution in [0.2, 0.25) is 0 Å². The van der Waals surface area contributed by atoms with Crippen LogP contribution in [0.25, 0.3) is 0 Å². The molecule has 1 aromatic rings. The number of ketones is 1. The van der Waals surface area contributed by atoms with E-state index < -0.39 is 0 Å². The molecule has 0 bridgehead atoms. The number of hydrogen-bond acceptors (Lipinski definition) is 4. The fourth-order valence-corrected chi connectivity index (χ4v) is 8.60. The number of halogens is 1. The molecular weight excluding hydrogens is 506 g/mol. The van der Waals surface area contributed by atoms with Crippen molar-refractivity contribution in [2.45, 2.75) is 71.8 Å². The number of nitrogens with one attached hydrogen (secondary N) is 1. The molecule has 5 rings (SSSR count). The van der Waals surface area contributed by atoms with E-state index in [1.54, 1.807) is 6.07 Å². The lowest BCUT2D eigenvalue weighted by Crippen LogP contribution is -2.51. The molecule has 0 radical (unpaired) electrons. The van der Waals surface area contributed by atoms with Gasteiger partial charge in [0.2, 0.25) is 0 Å². The monoisotopic (exact) mass is 541 g/mol.